The molecule has 0 saturated carbocycles. The number of morpholine rings is 1. The van der Waals surface area contributed by atoms with Crippen molar-refractivity contribution in [3.8, 4) is 0 Å². The van der Waals surface area contributed by atoms with Crippen LogP contribution >= 0.6 is 11.3 Å². The Hall–Kier alpha value is -0.940. The first kappa shape index (κ1) is 15.9. The second-order valence-electron chi connectivity index (χ2n) is 6.14. The van der Waals surface area contributed by atoms with Crippen LogP contribution in [0.2, 0.25) is 0 Å². The van der Waals surface area contributed by atoms with Crippen molar-refractivity contribution in [2.75, 3.05) is 33.4 Å². The van der Waals surface area contributed by atoms with Gasteiger partial charge < -0.3 is 4.74 Å². The molecule has 1 atom stereocenters. The van der Waals surface area contributed by atoms with Gasteiger partial charge >= 0.3 is 0 Å². The van der Waals surface area contributed by atoms with E-state index in [9.17, 15) is 0 Å². The van der Waals surface area contributed by atoms with Crippen LogP contribution in [0.4, 0.5) is 0 Å². The van der Waals surface area contributed by atoms with Crippen LogP contribution in [-0.4, -0.2) is 49.4 Å². The summed E-state index contributed by atoms with van der Waals surface area (Å²) in [6.45, 7) is 6.10. The van der Waals surface area contributed by atoms with Gasteiger partial charge in [0.25, 0.3) is 0 Å². The molecule has 4 heteroatoms. The minimum absolute atomic E-state index is 0.586. The summed E-state index contributed by atoms with van der Waals surface area (Å²) in [6, 6.07) is 9.33. The van der Waals surface area contributed by atoms with Gasteiger partial charge in [-0.25, -0.2) is 10.0 Å². The number of aryl methyl sites for hydroxylation is 1. The van der Waals surface area contributed by atoms with Crippen LogP contribution in [-0.2, 0) is 11.2 Å². The number of fused-ring (bicyclic) bond motifs is 1. The molecule has 3 rings (SSSR count). The van der Waals surface area contributed by atoms with E-state index in [0.717, 1.165) is 26.3 Å². The molecule has 0 amide bonds. The predicted octanol–water partition coefficient (Wildman–Crippen LogP) is 3.79. The Morgan fingerprint density at radius 1 is 1.27 bits per heavy atom. The van der Waals surface area contributed by atoms with Gasteiger partial charge in [0, 0.05) is 30.9 Å². The average Bonchev–Trinajstić information content (AvgIpc) is 2.98. The summed E-state index contributed by atoms with van der Waals surface area (Å²) in [5.74, 6) is 0. The van der Waals surface area contributed by atoms with Crippen LogP contribution in [0.5, 0.6) is 0 Å². The molecule has 0 spiro atoms. The number of hydrogen-bond acceptors (Lipinski definition) is 4. The third-order valence-electron chi connectivity index (χ3n) is 4.70. The molecule has 0 aliphatic carbocycles. The van der Waals surface area contributed by atoms with E-state index >= 15 is 0 Å². The van der Waals surface area contributed by atoms with Gasteiger partial charge in [0.2, 0.25) is 0 Å². The van der Waals surface area contributed by atoms with Crippen LogP contribution in [0, 0.1) is 0 Å². The standard InChI is InChI=1S/C18H26N2OS/c1-15(19(2)20-10-12-21-13-11-20)6-5-7-16-14-22-18-9-4-3-8-17(16)18/h3-4,8-9,14-15H,5-7,10-13H2,1-2H3. The van der Waals surface area contributed by atoms with Gasteiger partial charge in [0.15, 0.2) is 0 Å². The first-order chi connectivity index (χ1) is 10.8. The van der Waals surface area contributed by atoms with Crippen molar-refractivity contribution in [1.29, 1.82) is 0 Å². The molecule has 1 aliphatic heterocycles. The third kappa shape index (κ3) is 3.69. The van der Waals surface area contributed by atoms with Crippen molar-refractivity contribution in [2.24, 2.45) is 0 Å². The highest BCUT2D eigenvalue weighted by Crippen LogP contribution is 2.27. The Morgan fingerprint density at radius 3 is 2.86 bits per heavy atom. The monoisotopic (exact) mass is 318 g/mol. The zero-order valence-corrected chi connectivity index (χ0v) is 14.4. The maximum absolute atomic E-state index is 5.43. The lowest BCUT2D eigenvalue weighted by Crippen LogP contribution is -2.50. The Kier molecular flexibility index (Phi) is 5.47. The SMILES string of the molecule is CC(CCCc1csc2ccccc12)N(C)N1CCOCC1. The lowest BCUT2D eigenvalue weighted by atomic mass is 10.0. The molecule has 1 saturated heterocycles. The van der Waals surface area contributed by atoms with Gasteiger partial charge in [-0.1, -0.05) is 18.2 Å². The van der Waals surface area contributed by atoms with Gasteiger partial charge in [0.05, 0.1) is 13.2 Å². The number of hydrazine groups is 1. The van der Waals surface area contributed by atoms with Gasteiger partial charge in [0.1, 0.15) is 0 Å². The Balaban J connectivity index is 1.49. The predicted molar refractivity (Wildman–Crippen MR) is 94.4 cm³/mol. The summed E-state index contributed by atoms with van der Waals surface area (Å²) in [6.07, 6.45) is 3.67. The highest BCUT2D eigenvalue weighted by atomic mass is 32.1. The highest BCUT2D eigenvalue weighted by molar-refractivity contribution is 7.17. The van der Waals surface area contributed by atoms with Crippen LogP contribution < -0.4 is 0 Å². The second-order valence-corrected chi connectivity index (χ2v) is 7.05. The number of hydrogen-bond donors (Lipinski definition) is 0. The number of rotatable bonds is 6. The van der Waals surface area contributed by atoms with Crippen molar-refractivity contribution in [3.63, 3.8) is 0 Å². The smallest absolute Gasteiger partial charge is 0.0608 e. The maximum Gasteiger partial charge on any atom is 0.0608 e. The zero-order chi connectivity index (χ0) is 15.4. The van der Waals surface area contributed by atoms with Gasteiger partial charge in [-0.2, -0.15) is 0 Å². The Bertz CT molecular complexity index is 592. The third-order valence-corrected chi connectivity index (χ3v) is 5.71. The topological polar surface area (TPSA) is 15.7 Å². The fourth-order valence-corrected chi connectivity index (χ4v) is 4.15. The Labute approximate surface area is 137 Å². The molecule has 1 aromatic heterocycles. The van der Waals surface area contributed by atoms with Crippen molar-refractivity contribution in [1.82, 2.24) is 10.0 Å². The van der Waals surface area contributed by atoms with E-state index in [1.54, 1.807) is 0 Å². The van der Waals surface area contributed by atoms with E-state index in [1.165, 1.54) is 34.9 Å². The molecule has 0 bridgehead atoms. The zero-order valence-electron chi connectivity index (χ0n) is 13.6. The fourth-order valence-electron chi connectivity index (χ4n) is 3.15. The molecule has 2 heterocycles. The number of benzene rings is 1. The summed E-state index contributed by atoms with van der Waals surface area (Å²) in [5.41, 5.74) is 1.52. The van der Waals surface area contributed by atoms with Gasteiger partial charge in [-0.15, -0.1) is 11.3 Å². The lowest BCUT2D eigenvalue weighted by molar-refractivity contribution is -0.0952. The fraction of sp³-hybridized carbons (Fsp3) is 0.556. The van der Waals surface area contributed by atoms with Crippen LogP contribution in [0.15, 0.2) is 29.6 Å². The molecule has 2 aromatic rings. The summed E-state index contributed by atoms with van der Waals surface area (Å²) < 4.78 is 6.85. The van der Waals surface area contributed by atoms with E-state index < -0.39 is 0 Å². The molecule has 1 fully saturated rings. The van der Waals surface area contributed by atoms with Crippen molar-refractivity contribution < 1.29 is 4.74 Å². The summed E-state index contributed by atoms with van der Waals surface area (Å²) >= 11 is 1.87. The maximum atomic E-state index is 5.43. The van der Waals surface area contributed by atoms with Crippen LogP contribution in [0.3, 0.4) is 0 Å². The van der Waals surface area contributed by atoms with Crippen LogP contribution in [0.1, 0.15) is 25.3 Å². The average molecular weight is 318 g/mol. The molecule has 1 aliphatic rings. The Morgan fingerprint density at radius 2 is 2.05 bits per heavy atom. The summed E-state index contributed by atoms with van der Waals surface area (Å²) in [5, 5.41) is 8.62. The first-order valence-corrected chi connectivity index (χ1v) is 9.14. The molecule has 120 valence electrons. The molecule has 1 aromatic carbocycles. The van der Waals surface area contributed by atoms with E-state index in [-0.39, 0.29) is 0 Å². The second kappa shape index (κ2) is 7.55. The van der Waals surface area contributed by atoms with E-state index in [0.29, 0.717) is 6.04 Å². The van der Waals surface area contributed by atoms with Gasteiger partial charge in [-0.05, 0) is 48.6 Å². The molecular formula is C18H26N2OS. The molecule has 22 heavy (non-hydrogen) atoms. The minimum Gasteiger partial charge on any atom is -0.379 e. The molecular weight excluding hydrogens is 292 g/mol. The van der Waals surface area contributed by atoms with E-state index in [1.807, 2.05) is 11.3 Å². The highest BCUT2D eigenvalue weighted by Gasteiger charge is 2.19. The van der Waals surface area contributed by atoms with Gasteiger partial charge in [-0.3, -0.25) is 0 Å². The molecule has 1 unspecified atom stereocenters. The molecule has 0 N–H and O–H groups in total. The number of thiophene rings is 1. The molecule has 0 radical (unpaired) electrons. The minimum atomic E-state index is 0.586. The first-order valence-electron chi connectivity index (χ1n) is 8.26. The van der Waals surface area contributed by atoms with Crippen molar-refractivity contribution in [3.05, 3.63) is 35.2 Å². The van der Waals surface area contributed by atoms with Crippen molar-refractivity contribution >= 4 is 21.4 Å². The largest absolute Gasteiger partial charge is 0.379 e. The summed E-state index contributed by atoms with van der Waals surface area (Å²) in [4.78, 5) is 0. The number of nitrogens with zero attached hydrogens (tertiary/aromatic N) is 2. The van der Waals surface area contributed by atoms with Crippen molar-refractivity contribution in [2.45, 2.75) is 32.2 Å². The summed E-state index contributed by atoms with van der Waals surface area (Å²) in [7, 11) is 2.22. The lowest BCUT2D eigenvalue weighted by Gasteiger charge is -2.38. The number of ether oxygens (including phenoxy) is 1. The normalized spacial score (nSPS) is 18.1. The quantitative estimate of drug-likeness (QED) is 0.806. The molecule has 3 nitrogen and oxygen atoms in total. The van der Waals surface area contributed by atoms with E-state index in [2.05, 4.69) is 53.6 Å². The van der Waals surface area contributed by atoms with Crippen LogP contribution in [0.25, 0.3) is 10.1 Å². The van der Waals surface area contributed by atoms with E-state index in [4.69, 9.17) is 4.74 Å².